The second-order valence-electron chi connectivity index (χ2n) is 4.50. The predicted molar refractivity (Wildman–Crippen MR) is 57.5 cm³/mol. The summed E-state index contributed by atoms with van der Waals surface area (Å²) in [5.74, 6) is -0.555. The van der Waals surface area contributed by atoms with E-state index in [0.29, 0.717) is 19.1 Å². The number of amides is 1. The van der Waals surface area contributed by atoms with E-state index in [1.165, 1.54) is 17.7 Å². The summed E-state index contributed by atoms with van der Waals surface area (Å²) < 4.78 is 10.3. The third-order valence-corrected chi connectivity index (χ3v) is 2.97. The van der Waals surface area contributed by atoms with E-state index < -0.39 is 12.1 Å². The van der Waals surface area contributed by atoms with Crippen LogP contribution in [0.1, 0.15) is 12.8 Å². The fourth-order valence-corrected chi connectivity index (χ4v) is 1.71. The van der Waals surface area contributed by atoms with Crippen molar-refractivity contribution in [2.24, 2.45) is 5.92 Å². The summed E-state index contributed by atoms with van der Waals surface area (Å²) in [6.45, 7) is 1.50. The van der Waals surface area contributed by atoms with Gasteiger partial charge in [-0.05, 0) is 18.8 Å². The quantitative estimate of drug-likeness (QED) is 0.719. The first-order valence-corrected chi connectivity index (χ1v) is 5.86. The van der Waals surface area contributed by atoms with Crippen LogP contribution in [0.2, 0.25) is 0 Å². The van der Waals surface area contributed by atoms with E-state index in [9.17, 15) is 9.59 Å². The highest BCUT2D eigenvalue weighted by molar-refractivity contribution is 5.79. The number of carbonyl (C=O) groups excluding carboxylic acids is 1. The summed E-state index contributed by atoms with van der Waals surface area (Å²) in [4.78, 5) is 24.0. The van der Waals surface area contributed by atoms with Crippen molar-refractivity contribution in [2.75, 3.05) is 32.9 Å². The first-order valence-electron chi connectivity index (χ1n) is 5.86. The number of carboxylic acid groups (broad SMARTS) is 1. The van der Waals surface area contributed by atoms with Crippen molar-refractivity contribution < 1.29 is 24.2 Å². The number of carboxylic acids is 1. The number of hydrogen-bond acceptors (Lipinski definition) is 4. The molecule has 6 heteroatoms. The lowest BCUT2D eigenvalue weighted by Crippen LogP contribution is -2.49. The number of hydrogen-bond donors (Lipinski definition) is 1. The van der Waals surface area contributed by atoms with Gasteiger partial charge in [-0.2, -0.15) is 0 Å². The Hall–Kier alpha value is -1.14. The zero-order valence-electron chi connectivity index (χ0n) is 9.63. The molecule has 1 saturated carbocycles. The summed E-state index contributed by atoms with van der Waals surface area (Å²) in [7, 11) is 0. The maximum absolute atomic E-state index is 11.7. The Bertz CT molecular complexity index is 302. The zero-order valence-corrected chi connectivity index (χ0v) is 9.63. The molecule has 17 heavy (non-hydrogen) atoms. The van der Waals surface area contributed by atoms with Crippen molar-refractivity contribution in [3.8, 4) is 0 Å². The minimum atomic E-state index is -1.03. The molecule has 1 heterocycles. The fraction of sp³-hybridized carbons (Fsp3) is 0.818. The number of ether oxygens (including phenoxy) is 2. The molecule has 1 aliphatic heterocycles. The fourth-order valence-electron chi connectivity index (χ4n) is 1.71. The Morgan fingerprint density at radius 1 is 1.41 bits per heavy atom. The average Bonchev–Trinajstić information content (AvgIpc) is 3.13. The minimum Gasteiger partial charge on any atom is -0.479 e. The second kappa shape index (κ2) is 5.46. The van der Waals surface area contributed by atoms with Crippen molar-refractivity contribution in [3.05, 3.63) is 0 Å². The lowest BCUT2D eigenvalue weighted by molar-refractivity contribution is -0.160. The third kappa shape index (κ3) is 3.67. The van der Waals surface area contributed by atoms with Crippen molar-refractivity contribution in [1.82, 2.24) is 4.90 Å². The molecule has 96 valence electrons. The monoisotopic (exact) mass is 243 g/mol. The van der Waals surface area contributed by atoms with E-state index in [2.05, 4.69) is 0 Å². The summed E-state index contributed by atoms with van der Waals surface area (Å²) in [6, 6.07) is 0. The minimum absolute atomic E-state index is 0.0445. The molecule has 6 nitrogen and oxygen atoms in total. The Kier molecular flexibility index (Phi) is 3.96. The second-order valence-corrected chi connectivity index (χ2v) is 4.50. The number of carbonyl (C=O) groups is 2. The molecule has 0 aromatic heterocycles. The first-order chi connectivity index (χ1) is 8.16. The highest BCUT2D eigenvalue weighted by Gasteiger charge is 2.29. The Balaban J connectivity index is 1.71. The van der Waals surface area contributed by atoms with Crippen molar-refractivity contribution >= 4 is 11.9 Å². The molecule has 2 aliphatic rings. The molecule has 2 rings (SSSR count). The van der Waals surface area contributed by atoms with Crippen LogP contribution in [-0.2, 0) is 19.1 Å². The van der Waals surface area contributed by atoms with Gasteiger partial charge in [0.1, 0.15) is 6.61 Å². The predicted octanol–water partition coefficient (Wildman–Crippen LogP) is -0.275. The van der Waals surface area contributed by atoms with Crippen molar-refractivity contribution in [2.45, 2.75) is 18.9 Å². The van der Waals surface area contributed by atoms with E-state index in [-0.39, 0.29) is 25.7 Å². The van der Waals surface area contributed by atoms with Gasteiger partial charge in [0.2, 0.25) is 5.91 Å². The molecule has 1 amide bonds. The van der Waals surface area contributed by atoms with Gasteiger partial charge in [0.05, 0.1) is 19.8 Å². The topological polar surface area (TPSA) is 76.1 Å². The van der Waals surface area contributed by atoms with Gasteiger partial charge in [-0.25, -0.2) is 4.79 Å². The molecule has 2 fully saturated rings. The van der Waals surface area contributed by atoms with Gasteiger partial charge in [0, 0.05) is 6.54 Å². The zero-order chi connectivity index (χ0) is 12.3. The van der Waals surface area contributed by atoms with E-state index in [1.54, 1.807) is 0 Å². The van der Waals surface area contributed by atoms with Gasteiger partial charge in [-0.1, -0.05) is 0 Å². The van der Waals surface area contributed by atoms with Gasteiger partial charge < -0.3 is 19.5 Å². The maximum atomic E-state index is 11.7. The highest BCUT2D eigenvalue weighted by atomic mass is 16.5. The van der Waals surface area contributed by atoms with Gasteiger partial charge >= 0.3 is 5.97 Å². The Morgan fingerprint density at radius 3 is 2.82 bits per heavy atom. The molecule has 1 saturated heterocycles. The molecule has 0 radical (unpaired) electrons. The van der Waals surface area contributed by atoms with E-state index in [4.69, 9.17) is 14.6 Å². The summed E-state index contributed by atoms with van der Waals surface area (Å²) in [6.07, 6.45) is 1.47. The van der Waals surface area contributed by atoms with E-state index in [0.717, 1.165) is 0 Å². The SMILES string of the molecule is O=C(O)[C@@H]1CN(C(=O)COCC2CC2)CCO1. The molecule has 0 spiro atoms. The van der Waals surface area contributed by atoms with Crippen LogP contribution in [0.5, 0.6) is 0 Å². The Morgan fingerprint density at radius 2 is 2.18 bits per heavy atom. The number of nitrogens with zero attached hydrogens (tertiary/aromatic N) is 1. The summed E-state index contributed by atoms with van der Waals surface area (Å²) in [5, 5.41) is 8.80. The average molecular weight is 243 g/mol. The third-order valence-electron chi connectivity index (χ3n) is 2.97. The van der Waals surface area contributed by atoms with Crippen molar-refractivity contribution in [3.63, 3.8) is 0 Å². The maximum Gasteiger partial charge on any atom is 0.334 e. The molecule has 1 atom stereocenters. The summed E-state index contributed by atoms with van der Waals surface area (Å²) in [5.41, 5.74) is 0. The Labute approximate surface area is 99.5 Å². The number of rotatable bonds is 5. The lowest BCUT2D eigenvalue weighted by atomic mass is 10.2. The number of morpholine rings is 1. The molecule has 0 aromatic carbocycles. The smallest absolute Gasteiger partial charge is 0.334 e. The molecular weight excluding hydrogens is 226 g/mol. The molecule has 1 N–H and O–H groups in total. The molecular formula is C11H17NO5. The van der Waals surface area contributed by atoms with Crippen LogP contribution < -0.4 is 0 Å². The number of aliphatic carboxylic acids is 1. The van der Waals surface area contributed by atoms with Crippen LogP contribution >= 0.6 is 0 Å². The van der Waals surface area contributed by atoms with Crippen molar-refractivity contribution in [1.29, 1.82) is 0 Å². The van der Waals surface area contributed by atoms with Crippen LogP contribution in [0.3, 0.4) is 0 Å². The van der Waals surface area contributed by atoms with E-state index >= 15 is 0 Å². The van der Waals surface area contributed by atoms with Crippen LogP contribution in [0, 0.1) is 5.92 Å². The van der Waals surface area contributed by atoms with Gasteiger partial charge in [0.25, 0.3) is 0 Å². The van der Waals surface area contributed by atoms with E-state index in [1.807, 2.05) is 0 Å². The van der Waals surface area contributed by atoms with Crippen LogP contribution in [0.15, 0.2) is 0 Å². The normalized spacial score (nSPS) is 24.7. The van der Waals surface area contributed by atoms with Gasteiger partial charge in [0.15, 0.2) is 6.10 Å². The molecule has 1 aliphatic carbocycles. The van der Waals surface area contributed by atoms with Crippen LogP contribution in [0.4, 0.5) is 0 Å². The van der Waals surface area contributed by atoms with Crippen LogP contribution in [0.25, 0.3) is 0 Å². The van der Waals surface area contributed by atoms with Crippen LogP contribution in [-0.4, -0.2) is 60.9 Å². The lowest BCUT2D eigenvalue weighted by Gasteiger charge is -2.30. The molecule has 0 aromatic rings. The molecule has 0 unspecified atom stereocenters. The first kappa shape index (κ1) is 12.3. The van der Waals surface area contributed by atoms with Gasteiger partial charge in [-0.15, -0.1) is 0 Å². The largest absolute Gasteiger partial charge is 0.479 e. The molecule has 0 bridgehead atoms. The highest BCUT2D eigenvalue weighted by Crippen LogP contribution is 2.28. The van der Waals surface area contributed by atoms with Gasteiger partial charge in [-0.3, -0.25) is 4.79 Å². The summed E-state index contributed by atoms with van der Waals surface area (Å²) >= 11 is 0. The standard InChI is InChI=1S/C11H17NO5/c13-10(7-16-6-8-1-2-8)12-3-4-17-9(5-12)11(14)15/h8-9H,1-7H2,(H,14,15)/t9-/m0/s1.